The first-order chi connectivity index (χ1) is 9.54. The van der Waals surface area contributed by atoms with Gasteiger partial charge in [0.1, 0.15) is 6.54 Å². The largest absolute Gasteiger partial charge is 0.480 e. The van der Waals surface area contributed by atoms with Gasteiger partial charge in [-0.25, -0.2) is 4.79 Å². The van der Waals surface area contributed by atoms with Crippen molar-refractivity contribution in [3.8, 4) is 0 Å². The molecule has 0 fully saturated rings. The van der Waals surface area contributed by atoms with Gasteiger partial charge in [0.05, 0.1) is 0 Å². The van der Waals surface area contributed by atoms with Crippen molar-refractivity contribution < 1.29 is 14.7 Å². The summed E-state index contributed by atoms with van der Waals surface area (Å²) in [6.45, 7) is 3.67. The molecule has 0 spiro atoms. The molecular formula is C15H22N2O3. The molecule has 1 aromatic rings. The maximum atomic E-state index is 12.2. The third kappa shape index (κ3) is 5.30. The zero-order chi connectivity index (χ0) is 15.0. The standard InChI is InChI=1S/C15H22N2O3/c1-3-4-8-12(2)16-15(20)17(11-14(18)19)13-9-6-5-7-10-13/h5-7,9-10,12H,3-4,8,11H2,1-2H3,(H,16,20)(H,18,19). The van der Waals surface area contributed by atoms with Crippen molar-refractivity contribution in [2.24, 2.45) is 0 Å². The topological polar surface area (TPSA) is 69.6 Å². The van der Waals surface area contributed by atoms with Crippen molar-refractivity contribution >= 4 is 17.7 Å². The van der Waals surface area contributed by atoms with E-state index in [1.54, 1.807) is 24.3 Å². The molecule has 0 radical (unpaired) electrons. The van der Waals surface area contributed by atoms with Crippen LogP contribution in [0.3, 0.4) is 0 Å². The Balaban J connectivity index is 2.73. The molecule has 1 rings (SSSR count). The number of carboxylic acids is 1. The van der Waals surface area contributed by atoms with Gasteiger partial charge < -0.3 is 10.4 Å². The SMILES string of the molecule is CCCCC(C)NC(=O)N(CC(=O)O)c1ccccc1. The average molecular weight is 278 g/mol. The number of hydrogen-bond donors (Lipinski definition) is 2. The Kier molecular flexibility index (Phi) is 6.56. The minimum Gasteiger partial charge on any atom is -0.480 e. The minimum absolute atomic E-state index is 0.0301. The highest BCUT2D eigenvalue weighted by molar-refractivity contribution is 5.96. The third-order valence-electron chi connectivity index (χ3n) is 2.97. The van der Waals surface area contributed by atoms with Gasteiger partial charge in [0.15, 0.2) is 0 Å². The van der Waals surface area contributed by atoms with Gasteiger partial charge in [-0.2, -0.15) is 0 Å². The van der Waals surface area contributed by atoms with E-state index in [0.29, 0.717) is 5.69 Å². The van der Waals surface area contributed by atoms with Gasteiger partial charge in [0.2, 0.25) is 0 Å². The fourth-order valence-electron chi connectivity index (χ4n) is 1.89. The van der Waals surface area contributed by atoms with Crippen LogP contribution in [0.4, 0.5) is 10.5 Å². The number of carbonyl (C=O) groups is 2. The summed E-state index contributed by atoms with van der Waals surface area (Å²) < 4.78 is 0. The van der Waals surface area contributed by atoms with Crippen LogP contribution >= 0.6 is 0 Å². The smallest absolute Gasteiger partial charge is 0.323 e. The molecule has 0 aliphatic heterocycles. The Hall–Kier alpha value is -2.04. The lowest BCUT2D eigenvalue weighted by Gasteiger charge is -2.23. The number of carbonyl (C=O) groups excluding carboxylic acids is 1. The Bertz CT molecular complexity index is 434. The Morgan fingerprint density at radius 2 is 1.95 bits per heavy atom. The number of aliphatic carboxylic acids is 1. The number of benzene rings is 1. The van der Waals surface area contributed by atoms with Gasteiger partial charge in [-0.1, -0.05) is 38.0 Å². The summed E-state index contributed by atoms with van der Waals surface area (Å²) in [7, 11) is 0. The average Bonchev–Trinajstić information content (AvgIpc) is 2.43. The number of rotatable bonds is 7. The molecule has 1 aromatic carbocycles. The second-order valence-corrected chi connectivity index (χ2v) is 4.81. The molecule has 0 bridgehead atoms. The molecule has 0 saturated carbocycles. The highest BCUT2D eigenvalue weighted by Crippen LogP contribution is 2.13. The van der Waals surface area contributed by atoms with Gasteiger partial charge in [-0.15, -0.1) is 0 Å². The second-order valence-electron chi connectivity index (χ2n) is 4.81. The van der Waals surface area contributed by atoms with E-state index < -0.39 is 5.97 Å². The zero-order valence-electron chi connectivity index (χ0n) is 12.0. The number of amides is 2. The zero-order valence-corrected chi connectivity index (χ0v) is 12.0. The summed E-state index contributed by atoms with van der Waals surface area (Å²) in [6.07, 6.45) is 2.99. The lowest BCUT2D eigenvalue weighted by molar-refractivity contribution is -0.135. The number of hydrogen-bond acceptors (Lipinski definition) is 2. The molecule has 2 N–H and O–H groups in total. The number of para-hydroxylation sites is 1. The van der Waals surface area contributed by atoms with E-state index in [0.717, 1.165) is 19.3 Å². The van der Waals surface area contributed by atoms with Crippen LogP contribution in [-0.2, 0) is 4.79 Å². The number of nitrogens with zero attached hydrogens (tertiary/aromatic N) is 1. The number of nitrogens with one attached hydrogen (secondary N) is 1. The molecule has 0 saturated heterocycles. The summed E-state index contributed by atoms with van der Waals surface area (Å²) >= 11 is 0. The van der Waals surface area contributed by atoms with Crippen LogP contribution in [0.25, 0.3) is 0 Å². The highest BCUT2D eigenvalue weighted by Gasteiger charge is 2.19. The highest BCUT2D eigenvalue weighted by atomic mass is 16.4. The summed E-state index contributed by atoms with van der Waals surface area (Å²) in [4.78, 5) is 24.4. The van der Waals surface area contributed by atoms with E-state index in [2.05, 4.69) is 12.2 Å². The van der Waals surface area contributed by atoms with E-state index in [4.69, 9.17) is 5.11 Å². The van der Waals surface area contributed by atoms with Crippen molar-refractivity contribution in [3.63, 3.8) is 0 Å². The lowest BCUT2D eigenvalue weighted by Crippen LogP contribution is -2.46. The third-order valence-corrected chi connectivity index (χ3v) is 2.97. The van der Waals surface area contributed by atoms with Gasteiger partial charge in [-0.3, -0.25) is 9.69 Å². The summed E-state index contributed by atoms with van der Waals surface area (Å²) in [5.41, 5.74) is 0.579. The van der Waals surface area contributed by atoms with Crippen LogP contribution in [0, 0.1) is 0 Å². The molecule has 0 heterocycles. The van der Waals surface area contributed by atoms with E-state index in [1.165, 1.54) is 4.90 Å². The van der Waals surface area contributed by atoms with Crippen LogP contribution < -0.4 is 10.2 Å². The van der Waals surface area contributed by atoms with Crippen LogP contribution in [0.2, 0.25) is 0 Å². The first-order valence-corrected chi connectivity index (χ1v) is 6.89. The minimum atomic E-state index is -1.04. The van der Waals surface area contributed by atoms with Gasteiger partial charge in [0.25, 0.3) is 0 Å². The molecule has 110 valence electrons. The summed E-state index contributed by atoms with van der Waals surface area (Å²) in [5.74, 6) is -1.04. The molecule has 0 aliphatic rings. The van der Waals surface area contributed by atoms with E-state index >= 15 is 0 Å². The van der Waals surface area contributed by atoms with Crippen molar-refractivity contribution in [3.05, 3.63) is 30.3 Å². The molecule has 5 heteroatoms. The Morgan fingerprint density at radius 1 is 1.30 bits per heavy atom. The second kappa shape index (κ2) is 8.19. The Labute approximate surface area is 119 Å². The van der Waals surface area contributed by atoms with Crippen LogP contribution in [0.15, 0.2) is 30.3 Å². The fraction of sp³-hybridized carbons (Fsp3) is 0.467. The number of urea groups is 1. The van der Waals surface area contributed by atoms with Crippen molar-refractivity contribution in [2.75, 3.05) is 11.4 Å². The van der Waals surface area contributed by atoms with Crippen LogP contribution in [0.1, 0.15) is 33.1 Å². The van der Waals surface area contributed by atoms with Gasteiger partial charge in [0, 0.05) is 11.7 Å². The van der Waals surface area contributed by atoms with Crippen LogP contribution in [-0.4, -0.2) is 29.7 Å². The molecule has 2 amide bonds. The predicted octanol–water partition coefficient (Wildman–Crippen LogP) is 2.87. The quantitative estimate of drug-likeness (QED) is 0.805. The van der Waals surface area contributed by atoms with Crippen molar-refractivity contribution in [1.29, 1.82) is 0 Å². The normalized spacial score (nSPS) is 11.7. The number of carboxylic acid groups (broad SMARTS) is 1. The summed E-state index contributed by atoms with van der Waals surface area (Å²) in [5, 5.41) is 11.8. The fourth-order valence-corrected chi connectivity index (χ4v) is 1.89. The van der Waals surface area contributed by atoms with Crippen molar-refractivity contribution in [2.45, 2.75) is 39.2 Å². The van der Waals surface area contributed by atoms with Crippen molar-refractivity contribution in [1.82, 2.24) is 5.32 Å². The monoisotopic (exact) mass is 278 g/mol. The van der Waals surface area contributed by atoms with Crippen LogP contribution in [0.5, 0.6) is 0 Å². The molecular weight excluding hydrogens is 256 g/mol. The molecule has 5 nitrogen and oxygen atoms in total. The molecule has 20 heavy (non-hydrogen) atoms. The molecule has 1 unspecified atom stereocenters. The number of anilines is 1. The molecule has 1 atom stereocenters. The Morgan fingerprint density at radius 3 is 2.50 bits per heavy atom. The molecule has 0 aromatic heterocycles. The first-order valence-electron chi connectivity index (χ1n) is 6.89. The number of unbranched alkanes of at least 4 members (excludes halogenated alkanes) is 1. The van der Waals surface area contributed by atoms with E-state index in [1.807, 2.05) is 13.0 Å². The molecule has 0 aliphatic carbocycles. The van der Waals surface area contributed by atoms with E-state index in [-0.39, 0.29) is 18.6 Å². The maximum absolute atomic E-state index is 12.2. The maximum Gasteiger partial charge on any atom is 0.323 e. The summed E-state index contributed by atoms with van der Waals surface area (Å²) in [6, 6.07) is 8.48. The van der Waals surface area contributed by atoms with Gasteiger partial charge in [-0.05, 0) is 25.5 Å². The first kappa shape index (κ1) is 16.0. The predicted molar refractivity (Wildman–Crippen MR) is 78.9 cm³/mol. The van der Waals surface area contributed by atoms with E-state index in [9.17, 15) is 9.59 Å². The van der Waals surface area contributed by atoms with Gasteiger partial charge >= 0.3 is 12.0 Å². The lowest BCUT2D eigenvalue weighted by atomic mass is 10.1.